The summed E-state index contributed by atoms with van der Waals surface area (Å²) in [6.45, 7) is 1.83. The molecule has 0 aliphatic carbocycles. The number of guanidine groups is 1. The molecule has 1 aromatic carbocycles. The number of methoxy groups -OCH3 is 1. The van der Waals surface area contributed by atoms with Crippen LogP contribution in [0.4, 0.5) is 0 Å². The lowest BCUT2D eigenvalue weighted by Gasteiger charge is -2.25. The Morgan fingerprint density at radius 1 is 1.41 bits per heavy atom. The summed E-state index contributed by atoms with van der Waals surface area (Å²) < 4.78 is 7.05. The number of hydrogen-bond acceptors (Lipinski definition) is 5. The molecule has 0 spiro atoms. The molecule has 8 nitrogen and oxygen atoms in total. The van der Waals surface area contributed by atoms with Crippen LogP contribution in [0.25, 0.3) is 0 Å². The average Bonchev–Trinajstić information content (AvgIpc) is 3.07. The molecule has 27 heavy (non-hydrogen) atoms. The predicted molar refractivity (Wildman–Crippen MR) is 113 cm³/mol. The number of aromatic nitrogens is 3. The molecule has 0 bridgehead atoms. The summed E-state index contributed by atoms with van der Waals surface area (Å²) in [5.74, 6) is 2.49. The molecule has 0 amide bonds. The first-order valence-corrected chi connectivity index (χ1v) is 8.59. The molecular weight excluding hydrogens is 457 g/mol. The number of ether oxygens (including phenoxy) is 1. The second-order valence-corrected chi connectivity index (χ2v) is 6.17. The van der Waals surface area contributed by atoms with Gasteiger partial charge in [0.25, 0.3) is 0 Å². The van der Waals surface area contributed by atoms with Crippen LogP contribution < -0.4 is 10.6 Å². The number of fused-ring (bicyclic) bond motifs is 1. The van der Waals surface area contributed by atoms with Crippen molar-refractivity contribution < 1.29 is 4.74 Å². The summed E-state index contributed by atoms with van der Waals surface area (Å²) in [6, 6.07) is 9.89. The van der Waals surface area contributed by atoms with Gasteiger partial charge in [-0.1, -0.05) is 12.1 Å². The van der Waals surface area contributed by atoms with E-state index in [2.05, 4.69) is 31.8 Å². The number of nitrogens with zero attached hydrogens (tertiary/aromatic N) is 5. The highest BCUT2D eigenvalue weighted by atomic mass is 127. The summed E-state index contributed by atoms with van der Waals surface area (Å²) in [6.07, 6.45) is 1.85. The van der Waals surface area contributed by atoms with E-state index in [0.29, 0.717) is 18.7 Å². The Bertz CT molecular complexity index is 810. The molecule has 1 aliphatic rings. The van der Waals surface area contributed by atoms with Gasteiger partial charge >= 0.3 is 0 Å². The van der Waals surface area contributed by atoms with Crippen molar-refractivity contribution in [1.82, 2.24) is 25.4 Å². The molecule has 2 aromatic rings. The van der Waals surface area contributed by atoms with Crippen LogP contribution in [0.15, 0.2) is 29.3 Å². The Hall–Kier alpha value is -2.19. The zero-order valence-electron chi connectivity index (χ0n) is 15.5. The van der Waals surface area contributed by atoms with Gasteiger partial charge in [0, 0.05) is 33.2 Å². The van der Waals surface area contributed by atoms with E-state index in [9.17, 15) is 0 Å². The average molecular weight is 481 g/mol. The lowest BCUT2D eigenvalue weighted by molar-refractivity contribution is 0.177. The van der Waals surface area contributed by atoms with Crippen molar-refractivity contribution in [2.75, 3.05) is 14.2 Å². The molecule has 1 atom stereocenters. The monoisotopic (exact) mass is 481 g/mol. The summed E-state index contributed by atoms with van der Waals surface area (Å²) >= 11 is 0. The zero-order chi connectivity index (χ0) is 18.4. The molecule has 2 heterocycles. The van der Waals surface area contributed by atoms with Gasteiger partial charge in [0.1, 0.15) is 12.4 Å². The maximum Gasteiger partial charge on any atom is 0.191 e. The third-order valence-corrected chi connectivity index (χ3v) is 4.28. The fourth-order valence-electron chi connectivity index (χ4n) is 2.94. The number of benzene rings is 1. The normalized spacial score (nSPS) is 16.0. The smallest absolute Gasteiger partial charge is 0.191 e. The van der Waals surface area contributed by atoms with E-state index in [1.54, 1.807) is 14.2 Å². The van der Waals surface area contributed by atoms with Crippen LogP contribution in [0.2, 0.25) is 0 Å². The van der Waals surface area contributed by atoms with E-state index in [1.165, 1.54) is 0 Å². The number of aliphatic imine (C=N–C) groups is 1. The zero-order valence-corrected chi connectivity index (χ0v) is 17.8. The molecule has 3 rings (SSSR count). The van der Waals surface area contributed by atoms with Crippen molar-refractivity contribution in [3.63, 3.8) is 0 Å². The SMILES string of the molecule is CN=C(NCc1ccc(C#N)cc1)NC1CCc2nc(COC)nn2C1.I. The first-order chi connectivity index (χ1) is 12.7. The predicted octanol–water partition coefficient (Wildman–Crippen LogP) is 1.59. The maximum atomic E-state index is 8.85. The van der Waals surface area contributed by atoms with E-state index >= 15 is 0 Å². The number of hydrogen-bond donors (Lipinski definition) is 2. The molecular formula is C18H24IN7O. The molecule has 0 saturated carbocycles. The molecule has 1 aromatic heterocycles. The van der Waals surface area contributed by atoms with Gasteiger partial charge in [-0.05, 0) is 24.1 Å². The third kappa shape index (κ3) is 5.64. The second-order valence-electron chi connectivity index (χ2n) is 6.17. The summed E-state index contributed by atoms with van der Waals surface area (Å²) in [5, 5.41) is 20.1. The Balaban J connectivity index is 0.00000261. The Morgan fingerprint density at radius 2 is 2.19 bits per heavy atom. The van der Waals surface area contributed by atoms with Gasteiger partial charge in [-0.2, -0.15) is 10.4 Å². The number of nitriles is 1. The van der Waals surface area contributed by atoms with Crippen molar-refractivity contribution in [3.8, 4) is 6.07 Å². The lowest BCUT2D eigenvalue weighted by Crippen LogP contribution is -2.46. The maximum absolute atomic E-state index is 8.85. The van der Waals surface area contributed by atoms with Crippen LogP contribution >= 0.6 is 24.0 Å². The molecule has 0 saturated heterocycles. The molecule has 9 heteroatoms. The van der Waals surface area contributed by atoms with Gasteiger partial charge in [-0.15, -0.1) is 24.0 Å². The second kappa shape index (κ2) is 10.2. The molecule has 0 radical (unpaired) electrons. The van der Waals surface area contributed by atoms with Crippen molar-refractivity contribution in [2.24, 2.45) is 4.99 Å². The summed E-state index contributed by atoms with van der Waals surface area (Å²) in [5.41, 5.74) is 1.76. The van der Waals surface area contributed by atoms with Gasteiger partial charge in [-0.25, -0.2) is 9.67 Å². The highest BCUT2D eigenvalue weighted by Crippen LogP contribution is 2.13. The van der Waals surface area contributed by atoms with Crippen molar-refractivity contribution >= 4 is 29.9 Å². The van der Waals surface area contributed by atoms with Crippen LogP contribution in [0, 0.1) is 11.3 Å². The van der Waals surface area contributed by atoms with Crippen LogP contribution in [-0.4, -0.2) is 40.9 Å². The molecule has 1 unspecified atom stereocenters. The first kappa shape index (κ1) is 21.1. The van der Waals surface area contributed by atoms with Crippen LogP contribution in [0.3, 0.4) is 0 Å². The van der Waals surface area contributed by atoms with E-state index < -0.39 is 0 Å². The van der Waals surface area contributed by atoms with Crippen molar-refractivity contribution in [1.29, 1.82) is 5.26 Å². The Kier molecular flexibility index (Phi) is 7.99. The summed E-state index contributed by atoms with van der Waals surface area (Å²) in [7, 11) is 3.41. The molecule has 1 aliphatic heterocycles. The van der Waals surface area contributed by atoms with E-state index in [-0.39, 0.29) is 30.0 Å². The minimum absolute atomic E-state index is 0. The fourth-order valence-corrected chi connectivity index (χ4v) is 2.94. The van der Waals surface area contributed by atoms with Crippen molar-refractivity contribution in [3.05, 3.63) is 47.0 Å². The number of aryl methyl sites for hydroxylation is 1. The van der Waals surface area contributed by atoms with E-state index in [4.69, 9.17) is 10.00 Å². The van der Waals surface area contributed by atoms with Crippen LogP contribution in [-0.2, 0) is 30.9 Å². The largest absolute Gasteiger partial charge is 0.377 e. The van der Waals surface area contributed by atoms with E-state index in [1.807, 2.05) is 28.9 Å². The van der Waals surface area contributed by atoms with Gasteiger partial charge in [-0.3, -0.25) is 4.99 Å². The van der Waals surface area contributed by atoms with Gasteiger partial charge in [0.05, 0.1) is 18.2 Å². The Morgan fingerprint density at radius 3 is 2.85 bits per heavy atom. The quantitative estimate of drug-likeness (QED) is 0.383. The van der Waals surface area contributed by atoms with Crippen molar-refractivity contribution in [2.45, 2.75) is 38.6 Å². The Labute approximate surface area is 176 Å². The third-order valence-electron chi connectivity index (χ3n) is 4.28. The first-order valence-electron chi connectivity index (χ1n) is 8.59. The van der Waals surface area contributed by atoms with Gasteiger partial charge in [0.2, 0.25) is 0 Å². The fraction of sp³-hybridized carbons (Fsp3) is 0.444. The van der Waals surface area contributed by atoms with Gasteiger partial charge < -0.3 is 15.4 Å². The highest BCUT2D eigenvalue weighted by Gasteiger charge is 2.22. The minimum atomic E-state index is 0. The molecule has 0 fully saturated rings. The lowest BCUT2D eigenvalue weighted by atomic mass is 10.1. The van der Waals surface area contributed by atoms with Crippen LogP contribution in [0.5, 0.6) is 0 Å². The van der Waals surface area contributed by atoms with E-state index in [0.717, 1.165) is 42.6 Å². The highest BCUT2D eigenvalue weighted by molar-refractivity contribution is 14.0. The molecule has 144 valence electrons. The molecule has 2 N–H and O–H groups in total. The van der Waals surface area contributed by atoms with Crippen LogP contribution in [0.1, 0.15) is 29.2 Å². The number of nitrogens with one attached hydrogen (secondary N) is 2. The summed E-state index contributed by atoms with van der Waals surface area (Å²) in [4.78, 5) is 8.79. The topological polar surface area (TPSA) is 100 Å². The number of rotatable bonds is 5. The number of halogens is 1. The minimum Gasteiger partial charge on any atom is -0.377 e. The standard InChI is InChI=1S/C18H23N7O.HI/c1-20-18(21-10-14-5-3-13(9-19)4-6-14)22-15-7-8-17-23-16(12-26-2)24-25(17)11-15;/h3-6,15H,7-8,10-12H2,1-2H3,(H2,20,21,22);1H. The van der Waals surface area contributed by atoms with Gasteiger partial charge in [0.15, 0.2) is 11.8 Å².